The monoisotopic (exact) mass is 273 g/mol. The molecular formula is C16H23N3O. The maximum absolute atomic E-state index is 12.3. The maximum Gasteiger partial charge on any atom is 0.239 e. The van der Waals surface area contributed by atoms with Crippen LogP contribution in [0.3, 0.4) is 0 Å². The predicted octanol–water partition coefficient (Wildman–Crippen LogP) is 1.71. The van der Waals surface area contributed by atoms with Gasteiger partial charge in [0.2, 0.25) is 5.91 Å². The second-order valence-corrected chi connectivity index (χ2v) is 6.13. The summed E-state index contributed by atoms with van der Waals surface area (Å²) in [6, 6.07) is 7.84. The van der Waals surface area contributed by atoms with E-state index in [-0.39, 0.29) is 11.9 Å². The van der Waals surface area contributed by atoms with Gasteiger partial charge in [-0.05, 0) is 55.2 Å². The summed E-state index contributed by atoms with van der Waals surface area (Å²) in [5.74, 6) is 1.10. The van der Waals surface area contributed by atoms with Gasteiger partial charge >= 0.3 is 0 Å². The second-order valence-electron chi connectivity index (χ2n) is 6.13. The minimum absolute atomic E-state index is 0.151. The summed E-state index contributed by atoms with van der Waals surface area (Å²) in [6.45, 7) is 1.64. The van der Waals surface area contributed by atoms with Crippen LogP contribution in [0.25, 0.3) is 0 Å². The number of carbonyl (C=O) groups excluding carboxylic acids is 1. The Morgan fingerprint density at radius 2 is 1.90 bits per heavy atom. The summed E-state index contributed by atoms with van der Waals surface area (Å²) in [6.07, 6.45) is 4.25. The molecule has 1 unspecified atom stereocenters. The summed E-state index contributed by atoms with van der Waals surface area (Å²) in [5.41, 5.74) is 14.0. The second kappa shape index (κ2) is 5.44. The molecule has 0 radical (unpaired) electrons. The van der Waals surface area contributed by atoms with Crippen molar-refractivity contribution in [3.8, 4) is 0 Å². The van der Waals surface area contributed by atoms with Crippen LogP contribution in [-0.2, 0) is 4.79 Å². The molecule has 0 spiro atoms. The van der Waals surface area contributed by atoms with Gasteiger partial charge in [0.05, 0.1) is 6.04 Å². The first-order valence-corrected chi connectivity index (χ1v) is 7.55. The van der Waals surface area contributed by atoms with Crippen LogP contribution in [-0.4, -0.2) is 29.9 Å². The van der Waals surface area contributed by atoms with Crippen LogP contribution < -0.4 is 11.5 Å². The Labute approximate surface area is 120 Å². The fourth-order valence-corrected chi connectivity index (χ4v) is 3.11. The molecular weight excluding hydrogens is 250 g/mol. The van der Waals surface area contributed by atoms with Crippen molar-refractivity contribution in [3.05, 3.63) is 29.8 Å². The standard InChI is InChI=1S/C16H23N3O/c17-14-3-1-2-13(10-14)11-6-8-19(9-7-11)16(20)15(18)12-4-5-12/h1-3,10-12,15H,4-9,17-18H2. The van der Waals surface area contributed by atoms with Crippen molar-refractivity contribution in [1.29, 1.82) is 0 Å². The molecule has 1 heterocycles. The minimum Gasteiger partial charge on any atom is -0.399 e. The number of hydrogen-bond acceptors (Lipinski definition) is 3. The van der Waals surface area contributed by atoms with E-state index in [1.165, 1.54) is 5.56 Å². The molecule has 20 heavy (non-hydrogen) atoms. The number of amides is 1. The molecule has 1 saturated heterocycles. The number of rotatable bonds is 3. The van der Waals surface area contributed by atoms with Crippen molar-refractivity contribution in [1.82, 2.24) is 4.90 Å². The van der Waals surface area contributed by atoms with E-state index in [2.05, 4.69) is 12.1 Å². The van der Waals surface area contributed by atoms with E-state index in [9.17, 15) is 4.79 Å². The van der Waals surface area contributed by atoms with E-state index in [1.807, 2.05) is 17.0 Å². The van der Waals surface area contributed by atoms with Crippen molar-refractivity contribution in [2.75, 3.05) is 18.8 Å². The molecule has 1 aromatic rings. The molecule has 4 heteroatoms. The van der Waals surface area contributed by atoms with Gasteiger partial charge in [-0.15, -0.1) is 0 Å². The molecule has 2 aliphatic rings. The van der Waals surface area contributed by atoms with Crippen molar-refractivity contribution >= 4 is 11.6 Å². The topological polar surface area (TPSA) is 72.3 Å². The summed E-state index contributed by atoms with van der Waals surface area (Å²) in [7, 11) is 0. The smallest absolute Gasteiger partial charge is 0.239 e. The minimum atomic E-state index is -0.265. The molecule has 4 N–H and O–H groups in total. The van der Waals surface area contributed by atoms with E-state index >= 15 is 0 Å². The van der Waals surface area contributed by atoms with E-state index < -0.39 is 0 Å². The number of nitrogen functional groups attached to an aromatic ring is 1. The molecule has 3 rings (SSSR count). The summed E-state index contributed by atoms with van der Waals surface area (Å²) >= 11 is 0. The molecule has 1 aliphatic heterocycles. The molecule has 2 fully saturated rings. The van der Waals surface area contributed by atoms with Gasteiger partial charge < -0.3 is 16.4 Å². The number of piperidine rings is 1. The average molecular weight is 273 g/mol. The molecule has 1 atom stereocenters. The van der Waals surface area contributed by atoms with Crippen molar-refractivity contribution in [2.45, 2.75) is 37.6 Å². The van der Waals surface area contributed by atoms with Gasteiger partial charge in [0, 0.05) is 18.8 Å². The first-order valence-electron chi connectivity index (χ1n) is 7.55. The lowest BCUT2D eigenvalue weighted by Crippen LogP contribution is -2.47. The average Bonchev–Trinajstić information content (AvgIpc) is 3.30. The zero-order valence-corrected chi connectivity index (χ0v) is 11.8. The lowest BCUT2D eigenvalue weighted by molar-refractivity contribution is -0.134. The van der Waals surface area contributed by atoms with Gasteiger partial charge in [-0.1, -0.05) is 12.1 Å². The van der Waals surface area contributed by atoms with Crippen LogP contribution in [0.4, 0.5) is 5.69 Å². The third-order valence-electron chi connectivity index (χ3n) is 4.60. The van der Waals surface area contributed by atoms with Crippen LogP contribution in [0.5, 0.6) is 0 Å². The summed E-state index contributed by atoms with van der Waals surface area (Å²) in [5, 5.41) is 0. The van der Waals surface area contributed by atoms with Crippen molar-refractivity contribution in [2.24, 2.45) is 11.7 Å². The highest BCUT2D eigenvalue weighted by molar-refractivity contribution is 5.82. The Morgan fingerprint density at radius 1 is 1.20 bits per heavy atom. The molecule has 1 amide bonds. The Bertz CT molecular complexity index is 490. The Hall–Kier alpha value is -1.55. The quantitative estimate of drug-likeness (QED) is 0.824. The normalized spacial score (nSPS) is 21.8. The largest absolute Gasteiger partial charge is 0.399 e. The lowest BCUT2D eigenvalue weighted by atomic mass is 9.89. The number of nitrogens with zero attached hydrogens (tertiary/aromatic N) is 1. The van der Waals surface area contributed by atoms with Crippen LogP contribution in [0, 0.1) is 5.92 Å². The van der Waals surface area contributed by atoms with E-state index in [4.69, 9.17) is 11.5 Å². The van der Waals surface area contributed by atoms with E-state index in [0.29, 0.717) is 11.8 Å². The molecule has 1 aromatic carbocycles. The number of carbonyl (C=O) groups is 1. The number of likely N-dealkylation sites (tertiary alicyclic amines) is 1. The van der Waals surface area contributed by atoms with Gasteiger partial charge in [0.1, 0.15) is 0 Å². The molecule has 4 nitrogen and oxygen atoms in total. The predicted molar refractivity (Wildman–Crippen MR) is 80.1 cm³/mol. The number of nitrogens with two attached hydrogens (primary N) is 2. The number of hydrogen-bond donors (Lipinski definition) is 2. The zero-order valence-electron chi connectivity index (χ0n) is 11.8. The van der Waals surface area contributed by atoms with Gasteiger partial charge in [0.15, 0.2) is 0 Å². The van der Waals surface area contributed by atoms with E-state index in [0.717, 1.165) is 44.5 Å². The highest BCUT2D eigenvalue weighted by Crippen LogP contribution is 2.34. The highest BCUT2D eigenvalue weighted by atomic mass is 16.2. The molecule has 108 valence electrons. The van der Waals surface area contributed by atoms with Crippen LogP contribution in [0.1, 0.15) is 37.2 Å². The van der Waals surface area contributed by atoms with Gasteiger partial charge in [-0.25, -0.2) is 0 Å². The van der Waals surface area contributed by atoms with Gasteiger partial charge in [-0.2, -0.15) is 0 Å². The van der Waals surface area contributed by atoms with Crippen molar-refractivity contribution < 1.29 is 4.79 Å². The Kier molecular flexibility index (Phi) is 3.66. The van der Waals surface area contributed by atoms with Crippen molar-refractivity contribution in [3.63, 3.8) is 0 Å². The zero-order chi connectivity index (χ0) is 14.1. The first-order chi connectivity index (χ1) is 9.65. The third-order valence-corrected chi connectivity index (χ3v) is 4.60. The van der Waals surface area contributed by atoms with Crippen LogP contribution in [0.2, 0.25) is 0 Å². The fourth-order valence-electron chi connectivity index (χ4n) is 3.11. The SMILES string of the molecule is Nc1cccc(C2CCN(C(=O)C(N)C3CC3)CC2)c1. The lowest BCUT2D eigenvalue weighted by Gasteiger charge is -2.33. The fraction of sp³-hybridized carbons (Fsp3) is 0.562. The molecule has 1 aliphatic carbocycles. The highest BCUT2D eigenvalue weighted by Gasteiger charge is 2.36. The molecule has 1 saturated carbocycles. The van der Waals surface area contributed by atoms with Gasteiger partial charge in [-0.3, -0.25) is 4.79 Å². The third kappa shape index (κ3) is 2.80. The summed E-state index contributed by atoms with van der Waals surface area (Å²) < 4.78 is 0. The first kappa shape index (κ1) is 13.4. The van der Waals surface area contributed by atoms with E-state index in [1.54, 1.807) is 0 Å². The summed E-state index contributed by atoms with van der Waals surface area (Å²) in [4.78, 5) is 14.2. The van der Waals surface area contributed by atoms with Crippen LogP contribution >= 0.6 is 0 Å². The van der Waals surface area contributed by atoms with Crippen LogP contribution in [0.15, 0.2) is 24.3 Å². The number of anilines is 1. The Balaban J connectivity index is 1.57. The Morgan fingerprint density at radius 3 is 2.50 bits per heavy atom. The molecule has 0 aromatic heterocycles. The molecule has 0 bridgehead atoms. The van der Waals surface area contributed by atoms with Gasteiger partial charge in [0.25, 0.3) is 0 Å². The maximum atomic E-state index is 12.3. The number of benzene rings is 1.